The van der Waals surface area contributed by atoms with E-state index in [-0.39, 0.29) is 23.9 Å². The average molecular weight is 363 g/mol. The van der Waals surface area contributed by atoms with E-state index in [1.54, 1.807) is 0 Å². The number of rotatable bonds is 4. The molecular formula is C22H25N3O2. The van der Waals surface area contributed by atoms with E-state index in [0.29, 0.717) is 12.0 Å². The van der Waals surface area contributed by atoms with Gasteiger partial charge in [-0.25, -0.2) is 0 Å². The van der Waals surface area contributed by atoms with Gasteiger partial charge in [0.15, 0.2) is 0 Å². The van der Waals surface area contributed by atoms with Crippen LogP contribution in [-0.2, 0) is 4.79 Å². The number of hydrogen-bond acceptors (Lipinski definition) is 3. The predicted octanol–water partition coefficient (Wildman–Crippen LogP) is 2.95. The molecule has 2 aliphatic rings. The lowest BCUT2D eigenvalue weighted by molar-refractivity contribution is -0.122. The summed E-state index contributed by atoms with van der Waals surface area (Å²) in [6.07, 6.45) is 2.17. The molecule has 2 N–H and O–H groups in total. The molecule has 0 saturated carbocycles. The van der Waals surface area contributed by atoms with Gasteiger partial charge < -0.3 is 15.5 Å². The van der Waals surface area contributed by atoms with Crippen LogP contribution in [0.5, 0.6) is 0 Å². The van der Waals surface area contributed by atoms with Gasteiger partial charge >= 0.3 is 0 Å². The van der Waals surface area contributed by atoms with E-state index in [1.165, 1.54) is 11.3 Å². The first-order valence-electron chi connectivity index (χ1n) is 9.61. The number of nitrogens with zero attached hydrogens (tertiary/aromatic N) is 1. The van der Waals surface area contributed by atoms with E-state index in [2.05, 4.69) is 46.7 Å². The summed E-state index contributed by atoms with van der Waals surface area (Å²) in [5.74, 6) is -0.0825. The maximum Gasteiger partial charge on any atom is 0.252 e. The molecule has 140 valence electrons. The number of hydrogen-bond donors (Lipinski definition) is 2. The first-order chi connectivity index (χ1) is 13.1. The lowest BCUT2D eigenvalue weighted by Crippen LogP contribution is -2.45. The normalized spacial score (nSPS) is 19.5. The molecule has 0 radical (unpaired) electrons. The van der Waals surface area contributed by atoms with Crippen LogP contribution in [0.3, 0.4) is 0 Å². The number of benzene rings is 2. The zero-order chi connectivity index (χ0) is 18.8. The Bertz CT molecular complexity index is 856. The highest BCUT2D eigenvalue weighted by Crippen LogP contribution is 2.27. The number of nitrogens with one attached hydrogen (secondary N) is 2. The number of carbonyl (C=O) groups is 2. The molecule has 1 unspecified atom stereocenters. The molecule has 5 nitrogen and oxygen atoms in total. The molecule has 0 aromatic heterocycles. The molecule has 2 amide bonds. The standard InChI is InChI=1S/C22H25N3O2/c1-15-5-4-6-17(13-15)25-11-9-16(10-12-25)23-21(26)14-20-18-7-2-3-8-19(18)22(27)24-20/h2-8,13,16,20H,9-12,14H2,1H3,(H,23,26)(H,24,27). The van der Waals surface area contributed by atoms with Crippen molar-refractivity contribution in [3.05, 3.63) is 65.2 Å². The molecule has 2 aliphatic heterocycles. The first kappa shape index (κ1) is 17.6. The molecule has 5 heteroatoms. The summed E-state index contributed by atoms with van der Waals surface area (Å²) >= 11 is 0. The summed E-state index contributed by atoms with van der Waals surface area (Å²) in [5, 5.41) is 6.07. The summed E-state index contributed by atoms with van der Waals surface area (Å²) in [7, 11) is 0. The number of aryl methyl sites for hydroxylation is 1. The van der Waals surface area contributed by atoms with Crippen molar-refractivity contribution >= 4 is 17.5 Å². The third-order valence-electron chi connectivity index (χ3n) is 5.50. The fourth-order valence-electron chi connectivity index (χ4n) is 4.06. The highest BCUT2D eigenvalue weighted by atomic mass is 16.2. The van der Waals surface area contributed by atoms with E-state index in [9.17, 15) is 9.59 Å². The highest BCUT2D eigenvalue weighted by molar-refractivity contribution is 5.99. The Morgan fingerprint density at radius 3 is 2.70 bits per heavy atom. The Morgan fingerprint density at radius 2 is 1.93 bits per heavy atom. The van der Waals surface area contributed by atoms with Crippen molar-refractivity contribution in [2.24, 2.45) is 0 Å². The van der Waals surface area contributed by atoms with Gasteiger partial charge in [-0.05, 0) is 49.1 Å². The number of fused-ring (bicyclic) bond motifs is 1. The van der Waals surface area contributed by atoms with Crippen molar-refractivity contribution in [1.29, 1.82) is 0 Å². The van der Waals surface area contributed by atoms with Gasteiger partial charge in [0.2, 0.25) is 5.91 Å². The van der Waals surface area contributed by atoms with Gasteiger partial charge in [-0.2, -0.15) is 0 Å². The summed E-state index contributed by atoms with van der Waals surface area (Å²) in [4.78, 5) is 26.9. The van der Waals surface area contributed by atoms with Crippen LogP contribution in [0.1, 0.15) is 46.8 Å². The van der Waals surface area contributed by atoms with Gasteiger partial charge in [0.1, 0.15) is 0 Å². The molecular weight excluding hydrogens is 338 g/mol. The Balaban J connectivity index is 1.30. The fourth-order valence-corrected chi connectivity index (χ4v) is 4.06. The van der Waals surface area contributed by atoms with Crippen LogP contribution in [0.2, 0.25) is 0 Å². The number of amides is 2. The van der Waals surface area contributed by atoms with Crippen molar-refractivity contribution in [2.75, 3.05) is 18.0 Å². The Morgan fingerprint density at radius 1 is 1.15 bits per heavy atom. The minimum absolute atomic E-state index is 0.00556. The van der Waals surface area contributed by atoms with Gasteiger partial charge in [-0.3, -0.25) is 9.59 Å². The zero-order valence-corrected chi connectivity index (χ0v) is 15.6. The minimum atomic E-state index is -0.221. The molecule has 1 saturated heterocycles. The Kier molecular flexibility index (Phi) is 4.84. The fraction of sp³-hybridized carbons (Fsp3) is 0.364. The summed E-state index contributed by atoms with van der Waals surface area (Å²) < 4.78 is 0. The monoisotopic (exact) mass is 363 g/mol. The molecule has 0 aliphatic carbocycles. The smallest absolute Gasteiger partial charge is 0.252 e. The maximum absolute atomic E-state index is 12.5. The van der Waals surface area contributed by atoms with Crippen molar-refractivity contribution in [2.45, 2.75) is 38.3 Å². The number of piperidine rings is 1. The lowest BCUT2D eigenvalue weighted by Gasteiger charge is -2.34. The van der Waals surface area contributed by atoms with Crippen LogP contribution in [0, 0.1) is 6.92 Å². The van der Waals surface area contributed by atoms with E-state index < -0.39 is 0 Å². The summed E-state index contributed by atoms with van der Waals surface area (Å²) in [5.41, 5.74) is 4.13. The van der Waals surface area contributed by atoms with Gasteiger partial charge in [-0.15, -0.1) is 0 Å². The number of anilines is 1. The van der Waals surface area contributed by atoms with Crippen LogP contribution in [-0.4, -0.2) is 30.9 Å². The second kappa shape index (κ2) is 7.43. The van der Waals surface area contributed by atoms with Crippen molar-refractivity contribution in [3.8, 4) is 0 Å². The second-order valence-corrected chi connectivity index (χ2v) is 7.49. The van der Waals surface area contributed by atoms with Crippen LogP contribution < -0.4 is 15.5 Å². The van der Waals surface area contributed by atoms with E-state index in [0.717, 1.165) is 31.5 Å². The molecule has 2 heterocycles. The van der Waals surface area contributed by atoms with E-state index in [4.69, 9.17) is 0 Å². The lowest BCUT2D eigenvalue weighted by atomic mass is 10.0. The second-order valence-electron chi connectivity index (χ2n) is 7.49. The van der Waals surface area contributed by atoms with Crippen molar-refractivity contribution in [3.63, 3.8) is 0 Å². The summed E-state index contributed by atoms with van der Waals surface area (Å²) in [6, 6.07) is 16.0. The molecule has 1 fully saturated rings. The number of carbonyl (C=O) groups excluding carboxylic acids is 2. The van der Waals surface area contributed by atoms with Crippen LogP contribution in [0.15, 0.2) is 48.5 Å². The van der Waals surface area contributed by atoms with Crippen molar-refractivity contribution < 1.29 is 9.59 Å². The van der Waals surface area contributed by atoms with Crippen molar-refractivity contribution in [1.82, 2.24) is 10.6 Å². The third-order valence-corrected chi connectivity index (χ3v) is 5.50. The maximum atomic E-state index is 12.5. The van der Waals surface area contributed by atoms with Crippen LogP contribution >= 0.6 is 0 Å². The van der Waals surface area contributed by atoms with Gasteiger partial charge in [0, 0.05) is 30.4 Å². The van der Waals surface area contributed by atoms with Crippen LogP contribution in [0.25, 0.3) is 0 Å². The molecule has 1 atom stereocenters. The van der Waals surface area contributed by atoms with Crippen LogP contribution in [0.4, 0.5) is 5.69 Å². The summed E-state index contributed by atoms with van der Waals surface area (Å²) in [6.45, 7) is 3.99. The molecule has 0 spiro atoms. The Hall–Kier alpha value is -2.82. The van der Waals surface area contributed by atoms with E-state index >= 15 is 0 Å². The SMILES string of the molecule is Cc1cccc(N2CCC(NC(=O)CC3NC(=O)c4ccccc43)CC2)c1. The Labute approximate surface area is 159 Å². The predicted molar refractivity (Wildman–Crippen MR) is 106 cm³/mol. The zero-order valence-electron chi connectivity index (χ0n) is 15.6. The first-order valence-corrected chi connectivity index (χ1v) is 9.61. The third kappa shape index (κ3) is 3.82. The molecule has 2 aromatic rings. The molecule has 0 bridgehead atoms. The minimum Gasteiger partial charge on any atom is -0.371 e. The molecule has 4 rings (SSSR count). The van der Waals surface area contributed by atoms with Gasteiger partial charge in [0.25, 0.3) is 5.91 Å². The average Bonchev–Trinajstić information content (AvgIpc) is 2.98. The quantitative estimate of drug-likeness (QED) is 0.878. The largest absolute Gasteiger partial charge is 0.371 e. The van der Waals surface area contributed by atoms with Gasteiger partial charge in [0.05, 0.1) is 12.5 Å². The topological polar surface area (TPSA) is 61.4 Å². The molecule has 27 heavy (non-hydrogen) atoms. The highest BCUT2D eigenvalue weighted by Gasteiger charge is 2.30. The molecule has 2 aromatic carbocycles. The van der Waals surface area contributed by atoms with E-state index in [1.807, 2.05) is 24.3 Å². The van der Waals surface area contributed by atoms with Gasteiger partial charge in [-0.1, -0.05) is 30.3 Å².